The number of para-hydroxylation sites is 1. The number of aliphatic hydroxyl groups is 1. The SMILES string of the molecule is O=C(CN1CCOc2ccccc2C1)N1CC[C@H](O)[C@@]2(CCCNC2=O)C1. The number of hydrogen-bond donors (Lipinski definition) is 2. The summed E-state index contributed by atoms with van der Waals surface area (Å²) in [7, 11) is 0. The molecule has 2 saturated heterocycles. The first-order valence-corrected chi connectivity index (χ1v) is 9.76. The third-order valence-corrected chi connectivity index (χ3v) is 6.06. The monoisotopic (exact) mass is 373 g/mol. The molecule has 4 rings (SSSR count). The second-order valence-electron chi connectivity index (χ2n) is 7.80. The van der Waals surface area contributed by atoms with Crippen LogP contribution in [0.4, 0.5) is 0 Å². The van der Waals surface area contributed by atoms with E-state index in [1.165, 1.54) is 0 Å². The van der Waals surface area contributed by atoms with E-state index in [2.05, 4.69) is 10.2 Å². The topological polar surface area (TPSA) is 82.1 Å². The summed E-state index contributed by atoms with van der Waals surface area (Å²) in [6.07, 6.45) is 1.24. The van der Waals surface area contributed by atoms with Crippen molar-refractivity contribution in [1.82, 2.24) is 15.1 Å². The van der Waals surface area contributed by atoms with Crippen molar-refractivity contribution in [1.29, 1.82) is 0 Å². The number of benzene rings is 1. The highest BCUT2D eigenvalue weighted by atomic mass is 16.5. The number of ether oxygens (including phenoxy) is 1. The molecule has 0 bridgehead atoms. The fourth-order valence-electron chi connectivity index (χ4n) is 4.46. The Morgan fingerprint density at radius 2 is 2.19 bits per heavy atom. The van der Waals surface area contributed by atoms with Crippen LogP contribution in [0.15, 0.2) is 24.3 Å². The van der Waals surface area contributed by atoms with E-state index < -0.39 is 11.5 Å². The Morgan fingerprint density at radius 3 is 3.04 bits per heavy atom. The summed E-state index contributed by atoms with van der Waals surface area (Å²) in [5.74, 6) is 0.779. The van der Waals surface area contributed by atoms with Crippen molar-refractivity contribution in [2.45, 2.75) is 31.9 Å². The molecule has 3 aliphatic heterocycles. The molecule has 2 fully saturated rings. The highest BCUT2D eigenvalue weighted by molar-refractivity contribution is 5.86. The lowest BCUT2D eigenvalue weighted by molar-refractivity contribution is -0.155. The lowest BCUT2D eigenvalue weighted by Crippen LogP contribution is -2.62. The van der Waals surface area contributed by atoms with Gasteiger partial charge < -0.3 is 20.1 Å². The average Bonchev–Trinajstić information content (AvgIpc) is 2.87. The Hall–Kier alpha value is -2.12. The number of fused-ring (bicyclic) bond motifs is 1. The Labute approximate surface area is 159 Å². The molecular formula is C20H27N3O4. The maximum absolute atomic E-state index is 13.0. The van der Waals surface area contributed by atoms with Crippen LogP contribution in [0.2, 0.25) is 0 Å². The minimum Gasteiger partial charge on any atom is -0.492 e. The normalized spacial score (nSPS) is 28.9. The second kappa shape index (κ2) is 7.48. The molecule has 1 spiro atoms. The van der Waals surface area contributed by atoms with Gasteiger partial charge in [0, 0.05) is 38.3 Å². The van der Waals surface area contributed by atoms with Crippen LogP contribution in [-0.2, 0) is 16.1 Å². The maximum Gasteiger partial charge on any atom is 0.236 e. The smallest absolute Gasteiger partial charge is 0.236 e. The van der Waals surface area contributed by atoms with Crippen LogP contribution in [0.25, 0.3) is 0 Å². The molecule has 0 aliphatic carbocycles. The first kappa shape index (κ1) is 18.3. The average molecular weight is 373 g/mol. The maximum atomic E-state index is 13.0. The summed E-state index contributed by atoms with van der Waals surface area (Å²) < 4.78 is 5.77. The predicted molar refractivity (Wildman–Crippen MR) is 99.1 cm³/mol. The van der Waals surface area contributed by atoms with Crippen LogP contribution < -0.4 is 10.1 Å². The number of aliphatic hydroxyl groups excluding tert-OH is 1. The summed E-state index contributed by atoms with van der Waals surface area (Å²) in [6, 6.07) is 7.91. The van der Waals surface area contributed by atoms with Gasteiger partial charge in [-0.25, -0.2) is 0 Å². The lowest BCUT2D eigenvalue weighted by atomic mass is 9.71. The number of rotatable bonds is 2. The zero-order chi connectivity index (χ0) is 18.9. The Morgan fingerprint density at radius 1 is 1.33 bits per heavy atom. The van der Waals surface area contributed by atoms with E-state index in [9.17, 15) is 14.7 Å². The molecule has 27 heavy (non-hydrogen) atoms. The third-order valence-electron chi connectivity index (χ3n) is 6.06. The van der Waals surface area contributed by atoms with Crippen molar-refractivity contribution in [2.24, 2.45) is 5.41 Å². The number of hydrogen-bond acceptors (Lipinski definition) is 5. The van der Waals surface area contributed by atoms with Crippen molar-refractivity contribution in [3.63, 3.8) is 0 Å². The summed E-state index contributed by atoms with van der Waals surface area (Å²) in [6.45, 7) is 3.65. The molecular weight excluding hydrogens is 346 g/mol. The fraction of sp³-hybridized carbons (Fsp3) is 0.600. The Kier molecular flexibility index (Phi) is 5.06. The van der Waals surface area contributed by atoms with Crippen LogP contribution in [0.1, 0.15) is 24.8 Å². The van der Waals surface area contributed by atoms with Gasteiger partial charge in [0.2, 0.25) is 11.8 Å². The van der Waals surface area contributed by atoms with Gasteiger partial charge in [-0.3, -0.25) is 14.5 Å². The van der Waals surface area contributed by atoms with E-state index >= 15 is 0 Å². The Bertz CT molecular complexity index is 725. The minimum atomic E-state index is -0.847. The molecule has 0 aromatic heterocycles. The van der Waals surface area contributed by atoms with Gasteiger partial charge in [-0.2, -0.15) is 0 Å². The molecule has 1 aromatic rings. The number of amides is 2. The van der Waals surface area contributed by atoms with Gasteiger partial charge in [0.25, 0.3) is 0 Å². The van der Waals surface area contributed by atoms with Gasteiger partial charge in [0.15, 0.2) is 0 Å². The van der Waals surface area contributed by atoms with E-state index in [0.717, 1.165) is 17.7 Å². The first-order valence-electron chi connectivity index (χ1n) is 9.76. The van der Waals surface area contributed by atoms with Gasteiger partial charge in [-0.05, 0) is 25.3 Å². The fourth-order valence-corrected chi connectivity index (χ4v) is 4.46. The van der Waals surface area contributed by atoms with E-state index in [4.69, 9.17) is 4.74 Å². The van der Waals surface area contributed by atoms with Crippen molar-refractivity contribution in [3.8, 4) is 5.75 Å². The number of piperidine rings is 2. The van der Waals surface area contributed by atoms with Gasteiger partial charge in [-0.1, -0.05) is 18.2 Å². The van der Waals surface area contributed by atoms with Crippen LogP contribution in [-0.4, -0.2) is 72.2 Å². The number of nitrogens with one attached hydrogen (secondary N) is 1. The molecule has 1 aromatic carbocycles. The first-order chi connectivity index (χ1) is 13.1. The number of likely N-dealkylation sites (tertiary alicyclic amines) is 1. The quantitative estimate of drug-likeness (QED) is 0.783. The molecule has 0 unspecified atom stereocenters. The van der Waals surface area contributed by atoms with Crippen LogP contribution >= 0.6 is 0 Å². The summed E-state index contributed by atoms with van der Waals surface area (Å²) in [5, 5.41) is 13.4. The van der Waals surface area contributed by atoms with E-state index in [1.807, 2.05) is 24.3 Å². The lowest BCUT2D eigenvalue weighted by Gasteiger charge is -2.47. The largest absolute Gasteiger partial charge is 0.492 e. The number of nitrogens with zero attached hydrogens (tertiary/aromatic N) is 2. The number of carbonyl (C=O) groups excluding carboxylic acids is 2. The summed E-state index contributed by atoms with van der Waals surface area (Å²) >= 11 is 0. The highest BCUT2D eigenvalue weighted by Crippen LogP contribution is 2.37. The molecule has 0 saturated carbocycles. The van der Waals surface area contributed by atoms with Crippen LogP contribution in [0.3, 0.4) is 0 Å². The molecule has 7 nitrogen and oxygen atoms in total. The van der Waals surface area contributed by atoms with Crippen LogP contribution in [0, 0.1) is 5.41 Å². The minimum absolute atomic E-state index is 0.0130. The van der Waals surface area contributed by atoms with Crippen molar-refractivity contribution >= 4 is 11.8 Å². The summed E-state index contributed by atoms with van der Waals surface area (Å²) in [4.78, 5) is 29.3. The van der Waals surface area contributed by atoms with Crippen molar-refractivity contribution < 1.29 is 19.4 Å². The van der Waals surface area contributed by atoms with Gasteiger partial charge in [0.05, 0.1) is 18.1 Å². The standard InChI is InChI=1S/C20H27N3O4/c24-17-6-9-23(14-20(17)7-3-8-21-19(20)26)18(25)13-22-10-11-27-16-5-2-1-4-15(16)12-22/h1-2,4-5,17,24H,3,6-14H2,(H,21,26)/t17-,20+/m0/s1. The van der Waals surface area contributed by atoms with E-state index in [0.29, 0.717) is 58.7 Å². The summed E-state index contributed by atoms with van der Waals surface area (Å²) in [5.41, 5.74) is 0.237. The second-order valence-corrected chi connectivity index (χ2v) is 7.80. The predicted octanol–water partition coefficient (Wildman–Crippen LogP) is 0.371. The highest BCUT2D eigenvalue weighted by Gasteiger charge is 2.50. The molecule has 3 aliphatic rings. The van der Waals surface area contributed by atoms with Crippen molar-refractivity contribution in [2.75, 3.05) is 39.3 Å². The molecule has 2 N–H and O–H groups in total. The molecule has 146 valence electrons. The number of carbonyl (C=O) groups is 2. The Balaban J connectivity index is 1.43. The van der Waals surface area contributed by atoms with Gasteiger partial charge >= 0.3 is 0 Å². The molecule has 0 radical (unpaired) electrons. The molecule has 2 atom stereocenters. The zero-order valence-corrected chi connectivity index (χ0v) is 15.5. The van der Waals surface area contributed by atoms with E-state index in [1.54, 1.807) is 4.90 Å². The van der Waals surface area contributed by atoms with Gasteiger partial charge in [-0.15, -0.1) is 0 Å². The van der Waals surface area contributed by atoms with Crippen molar-refractivity contribution in [3.05, 3.63) is 29.8 Å². The zero-order valence-electron chi connectivity index (χ0n) is 15.5. The van der Waals surface area contributed by atoms with Crippen LogP contribution in [0.5, 0.6) is 5.75 Å². The van der Waals surface area contributed by atoms with Gasteiger partial charge in [0.1, 0.15) is 12.4 Å². The van der Waals surface area contributed by atoms with E-state index in [-0.39, 0.29) is 11.8 Å². The third kappa shape index (κ3) is 3.53. The molecule has 2 amide bonds. The molecule has 7 heteroatoms. The molecule has 3 heterocycles.